The Morgan fingerprint density at radius 3 is 2.48 bits per heavy atom. The third-order valence-corrected chi connectivity index (χ3v) is 5.88. The summed E-state index contributed by atoms with van der Waals surface area (Å²) < 4.78 is 5.69. The second-order valence-electron chi connectivity index (χ2n) is 8.42. The topological polar surface area (TPSA) is 71.0 Å². The molecule has 2 aromatic carbocycles. The molecule has 0 aromatic heterocycles. The van der Waals surface area contributed by atoms with Crippen LogP contribution in [0.15, 0.2) is 53.6 Å². The monoisotopic (exact) mass is 449 g/mol. The zero-order chi connectivity index (χ0) is 23.6. The Morgan fingerprint density at radius 2 is 1.82 bits per heavy atom. The fourth-order valence-corrected chi connectivity index (χ4v) is 3.71. The second-order valence-corrected chi connectivity index (χ2v) is 8.42. The molecular weight excluding hydrogens is 414 g/mol. The van der Waals surface area contributed by atoms with Crippen LogP contribution in [0.4, 0.5) is 0 Å². The van der Waals surface area contributed by atoms with Crippen LogP contribution in [0.3, 0.4) is 0 Å². The number of nitrogens with zero attached hydrogens (tertiary/aromatic N) is 2. The Balaban J connectivity index is 1.51. The minimum Gasteiger partial charge on any atom is -0.494 e. The Hall–Kier alpha value is -3.15. The van der Waals surface area contributed by atoms with Gasteiger partial charge in [-0.15, -0.1) is 0 Å². The molecule has 2 amide bonds. The summed E-state index contributed by atoms with van der Waals surface area (Å²) in [7, 11) is 0. The number of hydrogen-bond acceptors (Lipinski definition) is 4. The molecule has 0 saturated carbocycles. The van der Waals surface area contributed by atoms with Crippen molar-refractivity contribution < 1.29 is 14.3 Å². The number of hydrazone groups is 1. The number of carbonyl (C=O) groups is 2. The smallest absolute Gasteiger partial charge is 0.243 e. The number of carbonyl (C=O) groups excluding carboxylic acids is 2. The van der Waals surface area contributed by atoms with Crippen molar-refractivity contribution in [2.24, 2.45) is 5.10 Å². The first kappa shape index (κ1) is 24.5. The van der Waals surface area contributed by atoms with Crippen LogP contribution in [0.2, 0.25) is 0 Å². The van der Waals surface area contributed by atoms with E-state index >= 15 is 0 Å². The lowest BCUT2D eigenvalue weighted by Crippen LogP contribution is -2.36. The lowest BCUT2D eigenvalue weighted by Gasteiger charge is -2.24. The van der Waals surface area contributed by atoms with Gasteiger partial charge in [-0.25, -0.2) is 5.01 Å². The van der Waals surface area contributed by atoms with E-state index in [0.29, 0.717) is 19.4 Å². The molecule has 0 bridgehead atoms. The molecule has 0 radical (unpaired) electrons. The van der Waals surface area contributed by atoms with Crippen LogP contribution in [-0.4, -0.2) is 35.7 Å². The number of rotatable bonds is 11. The average Bonchev–Trinajstić information content (AvgIpc) is 2.84. The van der Waals surface area contributed by atoms with E-state index in [1.165, 1.54) is 10.6 Å². The molecule has 1 N–H and O–H groups in total. The van der Waals surface area contributed by atoms with E-state index in [-0.39, 0.29) is 30.8 Å². The average molecular weight is 450 g/mol. The Morgan fingerprint density at radius 1 is 1.09 bits per heavy atom. The summed E-state index contributed by atoms with van der Waals surface area (Å²) in [6.45, 7) is 7.20. The minimum absolute atomic E-state index is 0.0385. The number of aryl methyl sites for hydroxylation is 1. The van der Waals surface area contributed by atoms with Gasteiger partial charge in [0.1, 0.15) is 5.75 Å². The van der Waals surface area contributed by atoms with Crippen molar-refractivity contribution in [2.45, 2.75) is 65.3 Å². The summed E-state index contributed by atoms with van der Waals surface area (Å²) in [5.74, 6) is 0.698. The molecule has 3 rings (SSSR count). The van der Waals surface area contributed by atoms with Gasteiger partial charge in [0.15, 0.2) is 0 Å². The van der Waals surface area contributed by atoms with Crippen LogP contribution in [0.25, 0.3) is 0 Å². The Labute approximate surface area is 197 Å². The van der Waals surface area contributed by atoms with Crippen LogP contribution in [0.5, 0.6) is 5.75 Å². The minimum atomic E-state index is -0.129. The predicted molar refractivity (Wildman–Crippen MR) is 131 cm³/mol. The van der Waals surface area contributed by atoms with Crippen molar-refractivity contribution in [1.29, 1.82) is 0 Å². The summed E-state index contributed by atoms with van der Waals surface area (Å²) >= 11 is 0. The maximum atomic E-state index is 12.5. The van der Waals surface area contributed by atoms with E-state index in [4.69, 9.17) is 4.74 Å². The fraction of sp³-hybridized carbons (Fsp3) is 0.444. The van der Waals surface area contributed by atoms with Gasteiger partial charge in [-0.05, 0) is 48.6 Å². The van der Waals surface area contributed by atoms with Crippen LogP contribution >= 0.6 is 0 Å². The van der Waals surface area contributed by atoms with Crippen molar-refractivity contribution >= 4 is 17.5 Å². The standard InChI is InChI=1S/C27H35N3O3/c1-4-6-19-33-24-13-11-22(12-14-24)20(3)28-26(31)17-18-30-27(32)16-15-25(29-30)23-9-7-21(5-2)8-10-23/h7-14,20H,4-6,15-19H2,1-3H3,(H,28,31)/t20-/m0/s1. The molecule has 1 aliphatic rings. The van der Waals surface area contributed by atoms with E-state index in [1.807, 2.05) is 31.2 Å². The SMILES string of the molecule is CCCCOc1ccc([C@H](C)NC(=O)CCN2N=C(c3ccc(CC)cc3)CCC2=O)cc1. The van der Waals surface area contributed by atoms with Crippen molar-refractivity contribution in [1.82, 2.24) is 10.3 Å². The number of amides is 2. The van der Waals surface area contributed by atoms with Crippen LogP contribution < -0.4 is 10.1 Å². The predicted octanol–water partition coefficient (Wildman–Crippen LogP) is 5.02. The molecule has 6 heteroatoms. The van der Waals surface area contributed by atoms with E-state index < -0.39 is 0 Å². The van der Waals surface area contributed by atoms with Crippen LogP contribution in [-0.2, 0) is 16.0 Å². The van der Waals surface area contributed by atoms with Gasteiger partial charge < -0.3 is 10.1 Å². The zero-order valence-corrected chi connectivity index (χ0v) is 20.0. The van der Waals surface area contributed by atoms with Crippen LogP contribution in [0, 0.1) is 0 Å². The quantitative estimate of drug-likeness (QED) is 0.490. The molecule has 33 heavy (non-hydrogen) atoms. The molecule has 0 aliphatic carbocycles. The third kappa shape index (κ3) is 7.17. The molecule has 2 aromatic rings. The maximum absolute atomic E-state index is 12.5. The molecule has 1 atom stereocenters. The zero-order valence-electron chi connectivity index (χ0n) is 20.0. The highest BCUT2D eigenvalue weighted by Crippen LogP contribution is 2.19. The van der Waals surface area contributed by atoms with Gasteiger partial charge in [0.25, 0.3) is 0 Å². The highest BCUT2D eigenvalue weighted by Gasteiger charge is 2.22. The lowest BCUT2D eigenvalue weighted by atomic mass is 10.0. The molecule has 0 spiro atoms. The third-order valence-electron chi connectivity index (χ3n) is 5.88. The van der Waals surface area contributed by atoms with Crippen molar-refractivity contribution in [3.05, 3.63) is 65.2 Å². The van der Waals surface area contributed by atoms with Gasteiger partial charge in [0.2, 0.25) is 11.8 Å². The molecule has 1 aliphatic heterocycles. The van der Waals surface area contributed by atoms with E-state index in [9.17, 15) is 9.59 Å². The van der Waals surface area contributed by atoms with Crippen molar-refractivity contribution in [3.8, 4) is 5.75 Å². The molecule has 0 fully saturated rings. The van der Waals surface area contributed by atoms with Gasteiger partial charge in [0.05, 0.1) is 24.9 Å². The first-order valence-electron chi connectivity index (χ1n) is 12.0. The number of unbranched alkanes of at least 4 members (excludes halogenated alkanes) is 1. The maximum Gasteiger partial charge on any atom is 0.243 e. The number of hydrogen-bond donors (Lipinski definition) is 1. The van der Waals surface area contributed by atoms with E-state index in [2.05, 4.69) is 48.5 Å². The summed E-state index contributed by atoms with van der Waals surface area (Å²) in [5, 5.41) is 9.00. The van der Waals surface area contributed by atoms with Gasteiger partial charge >= 0.3 is 0 Å². The first-order valence-corrected chi connectivity index (χ1v) is 12.0. The Kier molecular flexibility index (Phi) is 9.04. The highest BCUT2D eigenvalue weighted by molar-refractivity contribution is 6.04. The largest absolute Gasteiger partial charge is 0.494 e. The number of nitrogens with one attached hydrogen (secondary N) is 1. The van der Waals surface area contributed by atoms with E-state index in [0.717, 1.165) is 41.9 Å². The Bertz CT molecular complexity index is 952. The van der Waals surface area contributed by atoms with Gasteiger partial charge in [0, 0.05) is 19.3 Å². The molecule has 6 nitrogen and oxygen atoms in total. The van der Waals surface area contributed by atoms with Crippen LogP contribution in [0.1, 0.15) is 75.6 Å². The molecule has 1 heterocycles. The highest BCUT2D eigenvalue weighted by atomic mass is 16.5. The molecule has 0 saturated heterocycles. The summed E-state index contributed by atoms with van der Waals surface area (Å²) in [6, 6.07) is 16.0. The van der Waals surface area contributed by atoms with Gasteiger partial charge in [-0.3, -0.25) is 9.59 Å². The molecule has 0 unspecified atom stereocenters. The number of benzene rings is 2. The van der Waals surface area contributed by atoms with Gasteiger partial charge in [-0.1, -0.05) is 56.7 Å². The molecule has 176 valence electrons. The summed E-state index contributed by atoms with van der Waals surface area (Å²) in [6.07, 6.45) is 4.37. The van der Waals surface area contributed by atoms with E-state index in [1.54, 1.807) is 0 Å². The number of ether oxygens (including phenoxy) is 1. The normalized spacial score (nSPS) is 14.6. The van der Waals surface area contributed by atoms with Crippen molar-refractivity contribution in [3.63, 3.8) is 0 Å². The lowest BCUT2D eigenvalue weighted by molar-refractivity contribution is -0.132. The van der Waals surface area contributed by atoms with Gasteiger partial charge in [-0.2, -0.15) is 5.10 Å². The first-order chi connectivity index (χ1) is 16.0. The summed E-state index contributed by atoms with van der Waals surface area (Å²) in [4.78, 5) is 24.8. The fourth-order valence-electron chi connectivity index (χ4n) is 3.71. The van der Waals surface area contributed by atoms with Crippen molar-refractivity contribution in [2.75, 3.05) is 13.2 Å². The summed E-state index contributed by atoms with van der Waals surface area (Å²) in [5.41, 5.74) is 4.21. The second kappa shape index (κ2) is 12.2. The molecular formula is C27H35N3O3.